The number of hydrogen-bond acceptors (Lipinski definition) is 5. The molecule has 0 aromatic heterocycles. The van der Waals surface area contributed by atoms with Gasteiger partial charge in [0.2, 0.25) is 0 Å². The molecule has 0 atom stereocenters. The average molecular weight is 404 g/mol. The minimum atomic E-state index is -3.75. The van der Waals surface area contributed by atoms with Gasteiger partial charge in [0, 0.05) is 30.4 Å². The third kappa shape index (κ3) is 5.73. The Hall–Kier alpha value is -2.54. The number of hydrogen-bond donors (Lipinski definition) is 2. The molecule has 152 valence electrons. The summed E-state index contributed by atoms with van der Waals surface area (Å²) in [5, 5.41) is 14.0. The summed E-state index contributed by atoms with van der Waals surface area (Å²) in [4.78, 5) is 4.46. The highest BCUT2D eigenvalue weighted by atomic mass is 32.2. The topological polar surface area (TPSA) is 82.0 Å². The van der Waals surface area contributed by atoms with Gasteiger partial charge >= 0.3 is 0 Å². The molecule has 2 aromatic carbocycles. The van der Waals surface area contributed by atoms with Crippen molar-refractivity contribution >= 4 is 21.9 Å². The van der Waals surface area contributed by atoms with Crippen molar-refractivity contribution < 1.29 is 13.5 Å². The molecule has 0 amide bonds. The number of anilines is 1. The van der Waals surface area contributed by atoms with Gasteiger partial charge in [-0.25, -0.2) is 4.83 Å². The smallest absolute Gasteiger partial charge is 0.276 e. The number of phenolic OH excluding ortho intramolecular Hbond substituents is 1. The van der Waals surface area contributed by atoms with Crippen molar-refractivity contribution in [3.05, 3.63) is 53.6 Å². The molecule has 0 spiro atoms. The maximum absolute atomic E-state index is 12.4. The van der Waals surface area contributed by atoms with Crippen molar-refractivity contribution in [2.75, 3.05) is 18.0 Å². The summed E-state index contributed by atoms with van der Waals surface area (Å²) in [5.41, 5.74) is 2.46. The van der Waals surface area contributed by atoms with Crippen molar-refractivity contribution in [3.8, 4) is 5.75 Å². The Morgan fingerprint density at radius 2 is 1.75 bits per heavy atom. The molecule has 0 aliphatic rings. The maximum atomic E-state index is 12.4. The van der Waals surface area contributed by atoms with Crippen LogP contribution in [0.2, 0.25) is 0 Å². The van der Waals surface area contributed by atoms with Crippen LogP contribution in [0, 0.1) is 0 Å². The van der Waals surface area contributed by atoms with Crippen LogP contribution in [0.1, 0.15) is 44.7 Å². The number of aryl methyl sites for hydroxylation is 1. The van der Waals surface area contributed by atoms with E-state index in [1.807, 2.05) is 32.0 Å². The summed E-state index contributed by atoms with van der Waals surface area (Å²) in [6.45, 7) is 7.87. The summed E-state index contributed by atoms with van der Waals surface area (Å²) in [6.07, 6.45) is 4.41. The first-order valence-electron chi connectivity index (χ1n) is 9.63. The zero-order valence-electron chi connectivity index (χ0n) is 16.7. The molecule has 7 heteroatoms. The molecule has 0 saturated heterocycles. The van der Waals surface area contributed by atoms with Crippen LogP contribution in [0.4, 0.5) is 5.69 Å². The molecule has 0 radical (unpaired) electrons. The van der Waals surface area contributed by atoms with Crippen molar-refractivity contribution in [1.82, 2.24) is 4.83 Å². The summed E-state index contributed by atoms with van der Waals surface area (Å²) < 4.78 is 24.7. The molecule has 0 bridgehead atoms. The third-order valence-corrected chi connectivity index (χ3v) is 5.81. The molecule has 0 fully saturated rings. The summed E-state index contributed by atoms with van der Waals surface area (Å²) in [7, 11) is -3.75. The van der Waals surface area contributed by atoms with E-state index in [1.165, 1.54) is 6.21 Å². The number of unbranched alkanes of at least 4 members (excludes halogenated alkanes) is 1. The summed E-state index contributed by atoms with van der Waals surface area (Å²) >= 11 is 0. The monoisotopic (exact) mass is 403 g/mol. The maximum Gasteiger partial charge on any atom is 0.276 e. The third-order valence-electron chi connectivity index (χ3n) is 4.57. The first-order valence-corrected chi connectivity index (χ1v) is 11.1. The van der Waals surface area contributed by atoms with E-state index >= 15 is 0 Å². The van der Waals surface area contributed by atoms with Gasteiger partial charge in [0.25, 0.3) is 10.0 Å². The fraction of sp³-hybridized carbons (Fsp3) is 0.381. The highest BCUT2D eigenvalue weighted by molar-refractivity contribution is 7.89. The van der Waals surface area contributed by atoms with Gasteiger partial charge in [-0.1, -0.05) is 25.5 Å². The average Bonchev–Trinajstić information content (AvgIpc) is 2.69. The van der Waals surface area contributed by atoms with E-state index in [4.69, 9.17) is 0 Å². The number of nitrogens with one attached hydrogen (secondary N) is 1. The summed E-state index contributed by atoms with van der Waals surface area (Å²) in [5.74, 6) is 0.0487. The lowest BCUT2D eigenvalue weighted by atomic mass is 10.1. The number of hydrazone groups is 1. The minimum absolute atomic E-state index is 0.0487. The van der Waals surface area contributed by atoms with E-state index in [1.54, 1.807) is 24.3 Å². The second kappa shape index (κ2) is 10.1. The first-order chi connectivity index (χ1) is 13.4. The molecule has 0 saturated carbocycles. The Kier molecular flexibility index (Phi) is 7.87. The van der Waals surface area contributed by atoms with E-state index < -0.39 is 10.0 Å². The largest absolute Gasteiger partial charge is 0.507 e. The molecular weight excluding hydrogens is 374 g/mol. The van der Waals surface area contributed by atoms with E-state index in [2.05, 4.69) is 21.8 Å². The van der Waals surface area contributed by atoms with Crippen molar-refractivity contribution in [2.24, 2.45) is 5.10 Å². The lowest BCUT2D eigenvalue weighted by molar-refractivity contribution is 0.474. The Balaban J connectivity index is 2.06. The van der Waals surface area contributed by atoms with E-state index in [-0.39, 0.29) is 10.6 Å². The molecule has 0 aliphatic carbocycles. The Labute approximate surface area is 168 Å². The predicted molar refractivity (Wildman–Crippen MR) is 115 cm³/mol. The van der Waals surface area contributed by atoms with Gasteiger partial charge in [0.1, 0.15) is 5.75 Å². The lowest BCUT2D eigenvalue weighted by Crippen LogP contribution is -2.21. The molecule has 2 aromatic rings. The van der Waals surface area contributed by atoms with Crippen LogP contribution in [-0.4, -0.2) is 32.8 Å². The molecule has 0 unspecified atom stereocenters. The number of aromatic hydroxyl groups is 1. The molecule has 0 aliphatic heterocycles. The zero-order chi connectivity index (χ0) is 20.6. The molecule has 6 nitrogen and oxygen atoms in total. The molecule has 2 rings (SSSR count). The predicted octanol–water partition coefficient (Wildman–Crippen LogP) is 3.89. The molecule has 28 heavy (non-hydrogen) atoms. The Morgan fingerprint density at radius 3 is 2.32 bits per heavy atom. The second-order valence-electron chi connectivity index (χ2n) is 6.52. The second-order valence-corrected chi connectivity index (χ2v) is 8.18. The number of sulfonamides is 1. The zero-order valence-corrected chi connectivity index (χ0v) is 17.5. The van der Waals surface area contributed by atoms with Gasteiger partial charge in [-0.05, 0) is 56.5 Å². The van der Waals surface area contributed by atoms with Gasteiger partial charge in [0.05, 0.1) is 11.1 Å². The van der Waals surface area contributed by atoms with Crippen molar-refractivity contribution in [2.45, 2.75) is 44.9 Å². The number of nitrogens with zero attached hydrogens (tertiary/aromatic N) is 2. The van der Waals surface area contributed by atoms with Crippen LogP contribution in [0.3, 0.4) is 0 Å². The first kappa shape index (κ1) is 21.8. The van der Waals surface area contributed by atoms with Crippen molar-refractivity contribution in [1.29, 1.82) is 0 Å². The van der Waals surface area contributed by atoms with Crippen LogP contribution < -0.4 is 9.73 Å². The van der Waals surface area contributed by atoms with Crippen LogP contribution in [0.25, 0.3) is 0 Å². The molecule has 2 N–H and O–H groups in total. The van der Waals surface area contributed by atoms with Crippen LogP contribution >= 0.6 is 0 Å². The number of benzene rings is 2. The molecule has 0 heterocycles. The van der Waals surface area contributed by atoms with Gasteiger partial charge in [-0.2, -0.15) is 13.5 Å². The van der Waals surface area contributed by atoms with Gasteiger partial charge in [-0.3, -0.25) is 0 Å². The van der Waals surface area contributed by atoms with E-state index in [0.29, 0.717) is 5.56 Å². The highest BCUT2D eigenvalue weighted by Crippen LogP contribution is 2.23. The van der Waals surface area contributed by atoms with Crippen LogP contribution in [0.5, 0.6) is 5.75 Å². The summed E-state index contributed by atoms with van der Waals surface area (Å²) in [6, 6.07) is 12.1. The highest BCUT2D eigenvalue weighted by Gasteiger charge is 2.12. The fourth-order valence-corrected chi connectivity index (χ4v) is 3.65. The van der Waals surface area contributed by atoms with E-state index in [0.717, 1.165) is 43.6 Å². The van der Waals surface area contributed by atoms with Gasteiger partial charge in [0.15, 0.2) is 0 Å². The quantitative estimate of drug-likeness (QED) is 0.466. The van der Waals surface area contributed by atoms with E-state index in [9.17, 15) is 13.5 Å². The standard InChI is InChI=1S/C21H29N3O3S/c1-4-7-8-17-9-13-20(14-10-17)28(26,27)23-22-16-18-11-12-19(15-21(18)25)24(5-2)6-3/h9-16,23,25H,4-8H2,1-3H3/b22-16-. The van der Waals surface area contributed by atoms with Crippen LogP contribution in [-0.2, 0) is 16.4 Å². The Bertz CT molecular complexity index is 890. The minimum Gasteiger partial charge on any atom is -0.507 e. The fourth-order valence-electron chi connectivity index (χ4n) is 2.86. The van der Waals surface area contributed by atoms with Crippen LogP contribution in [0.15, 0.2) is 52.5 Å². The van der Waals surface area contributed by atoms with Crippen molar-refractivity contribution in [3.63, 3.8) is 0 Å². The number of rotatable bonds is 10. The Morgan fingerprint density at radius 1 is 1.07 bits per heavy atom. The SMILES string of the molecule is CCCCc1ccc(S(=O)(=O)N/N=C\c2ccc(N(CC)CC)cc2O)cc1. The number of phenols is 1. The lowest BCUT2D eigenvalue weighted by Gasteiger charge is -2.21. The van der Waals surface area contributed by atoms with Gasteiger partial charge in [-0.15, -0.1) is 0 Å². The normalized spacial score (nSPS) is 11.7. The van der Waals surface area contributed by atoms with Gasteiger partial charge < -0.3 is 10.0 Å². The molecular formula is C21H29N3O3S.